The first kappa shape index (κ1) is 24.3. The van der Waals surface area contributed by atoms with Crippen LogP contribution < -0.4 is 14.9 Å². The zero-order valence-electron chi connectivity index (χ0n) is 18.0. The third-order valence-electron chi connectivity index (χ3n) is 4.74. The summed E-state index contributed by atoms with van der Waals surface area (Å²) in [4.78, 5) is 12.4. The maximum absolute atomic E-state index is 12.4. The van der Waals surface area contributed by atoms with Crippen LogP contribution in [0.25, 0.3) is 11.0 Å². The van der Waals surface area contributed by atoms with Gasteiger partial charge in [0.25, 0.3) is 0 Å². The molecule has 3 aromatic carbocycles. The summed E-state index contributed by atoms with van der Waals surface area (Å²) in [6.45, 7) is 2.76. The summed E-state index contributed by atoms with van der Waals surface area (Å²) in [5, 5.41) is 5.37. The summed E-state index contributed by atoms with van der Waals surface area (Å²) < 4.78 is 19.0. The lowest BCUT2D eigenvalue weighted by molar-refractivity contribution is 0.0929. The second-order valence-corrected chi connectivity index (χ2v) is 9.37. The second-order valence-electron chi connectivity index (χ2n) is 7.16. The summed E-state index contributed by atoms with van der Waals surface area (Å²) >= 11 is 12.9. The fourth-order valence-corrected chi connectivity index (χ4v) is 3.98. The number of benzene rings is 3. The van der Waals surface area contributed by atoms with Crippen molar-refractivity contribution in [2.45, 2.75) is 13.5 Å². The number of amides is 1. The Morgan fingerprint density at radius 2 is 1.82 bits per heavy atom. The maximum atomic E-state index is 12.4. The molecule has 1 heterocycles. The van der Waals surface area contributed by atoms with E-state index in [1.807, 2.05) is 37.3 Å². The predicted octanol–water partition coefficient (Wildman–Crippen LogP) is 7.35. The number of rotatable bonds is 8. The van der Waals surface area contributed by atoms with Gasteiger partial charge in [-0.15, -0.1) is 0 Å². The van der Waals surface area contributed by atoms with Gasteiger partial charge in [0, 0.05) is 24.9 Å². The molecule has 0 saturated carbocycles. The molecule has 0 fully saturated rings. The lowest BCUT2D eigenvalue weighted by atomic mass is 10.2. The van der Waals surface area contributed by atoms with Crippen molar-refractivity contribution in [1.29, 1.82) is 0 Å². The van der Waals surface area contributed by atoms with Gasteiger partial charge < -0.3 is 13.9 Å². The Balaban J connectivity index is 1.46. The van der Waals surface area contributed by atoms with Crippen LogP contribution in [-0.2, 0) is 6.61 Å². The van der Waals surface area contributed by atoms with E-state index in [-0.39, 0.29) is 5.76 Å². The Morgan fingerprint density at radius 1 is 1.06 bits per heavy atom. The fraction of sp³-hybridized carbons (Fsp3) is 0.120. The SMILES string of the molecule is CCOc1cc(/C=N/NC(=O)c2cc3cc(Cl)ccc3o2)c(Br)cc1OCc1ccc(Br)cc1. The van der Waals surface area contributed by atoms with E-state index in [1.54, 1.807) is 30.3 Å². The number of hydrogen-bond acceptors (Lipinski definition) is 5. The number of carbonyl (C=O) groups excluding carboxylic acids is 1. The molecule has 6 nitrogen and oxygen atoms in total. The van der Waals surface area contributed by atoms with Crippen LogP contribution in [0.1, 0.15) is 28.6 Å². The van der Waals surface area contributed by atoms with Crippen LogP contribution in [0.15, 0.2) is 79.1 Å². The van der Waals surface area contributed by atoms with Gasteiger partial charge in [0.1, 0.15) is 12.2 Å². The van der Waals surface area contributed by atoms with Gasteiger partial charge in [0.05, 0.1) is 12.8 Å². The molecular formula is C25H19Br2ClN2O4. The lowest BCUT2D eigenvalue weighted by Gasteiger charge is -2.14. The Morgan fingerprint density at radius 3 is 2.59 bits per heavy atom. The number of hydrogen-bond donors (Lipinski definition) is 1. The minimum absolute atomic E-state index is 0.139. The monoisotopic (exact) mass is 604 g/mol. The smallest absolute Gasteiger partial charge is 0.307 e. The highest BCUT2D eigenvalue weighted by molar-refractivity contribution is 9.10. The number of nitrogens with one attached hydrogen (secondary N) is 1. The molecule has 0 bridgehead atoms. The lowest BCUT2D eigenvalue weighted by Crippen LogP contribution is -2.16. The van der Waals surface area contributed by atoms with Gasteiger partial charge in [-0.25, -0.2) is 5.43 Å². The molecule has 0 spiro atoms. The van der Waals surface area contributed by atoms with Gasteiger partial charge in [-0.3, -0.25) is 4.79 Å². The van der Waals surface area contributed by atoms with Crippen molar-refractivity contribution in [2.24, 2.45) is 5.10 Å². The first-order valence-corrected chi connectivity index (χ1v) is 12.3. The number of hydrazone groups is 1. The summed E-state index contributed by atoms with van der Waals surface area (Å²) in [6, 6.07) is 18.3. The standard InChI is InChI=1S/C25H19Br2ClN2O4/c1-2-32-22-11-17(20(27)12-23(22)33-14-15-3-5-18(26)6-4-15)13-29-30-25(31)24-10-16-9-19(28)7-8-21(16)34-24/h3-13H,2,14H2,1H3,(H,30,31)/b29-13+. The van der Waals surface area contributed by atoms with Gasteiger partial charge in [-0.05, 0) is 76.9 Å². The molecular weight excluding hydrogens is 588 g/mol. The van der Waals surface area contributed by atoms with Crippen molar-refractivity contribution >= 4 is 66.6 Å². The van der Waals surface area contributed by atoms with Crippen molar-refractivity contribution in [3.63, 3.8) is 0 Å². The minimum atomic E-state index is -0.473. The van der Waals surface area contributed by atoms with Crippen molar-refractivity contribution in [3.05, 3.63) is 91.5 Å². The first-order chi connectivity index (χ1) is 16.4. The van der Waals surface area contributed by atoms with E-state index in [1.165, 1.54) is 6.21 Å². The zero-order chi connectivity index (χ0) is 24.1. The van der Waals surface area contributed by atoms with Crippen molar-refractivity contribution < 1.29 is 18.7 Å². The summed E-state index contributed by atoms with van der Waals surface area (Å²) in [7, 11) is 0. The molecule has 0 unspecified atom stereocenters. The molecule has 0 aliphatic heterocycles. The quantitative estimate of drug-likeness (QED) is 0.168. The Bertz CT molecular complexity index is 1350. The molecule has 4 aromatic rings. The fourth-order valence-electron chi connectivity index (χ4n) is 3.11. The second kappa shape index (κ2) is 11.1. The zero-order valence-corrected chi connectivity index (χ0v) is 21.9. The third-order valence-corrected chi connectivity index (χ3v) is 6.19. The molecule has 1 N–H and O–H groups in total. The van der Waals surface area contributed by atoms with Gasteiger partial charge in [-0.2, -0.15) is 5.10 Å². The molecule has 1 amide bonds. The number of fused-ring (bicyclic) bond motifs is 1. The summed E-state index contributed by atoms with van der Waals surface area (Å²) in [5.74, 6) is 0.836. The molecule has 34 heavy (non-hydrogen) atoms. The van der Waals surface area contributed by atoms with Gasteiger partial charge in [-0.1, -0.05) is 39.7 Å². The third kappa shape index (κ3) is 6.00. The van der Waals surface area contributed by atoms with Crippen molar-refractivity contribution in [3.8, 4) is 11.5 Å². The average Bonchev–Trinajstić information content (AvgIpc) is 3.24. The van der Waals surface area contributed by atoms with Crippen LogP contribution in [0.3, 0.4) is 0 Å². The topological polar surface area (TPSA) is 73.1 Å². The highest BCUT2D eigenvalue weighted by Crippen LogP contribution is 2.34. The normalized spacial score (nSPS) is 11.2. The predicted molar refractivity (Wildman–Crippen MR) is 140 cm³/mol. The molecule has 4 rings (SSSR count). The largest absolute Gasteiger partial charge is 0.490 e. The van der Waals surface area contributed by atoms with Gasteiger partial charge >= 0.3 is 5.91 Å². The van der Waals surface area contributed by atoms with Crippen LogP contribution in [0.5, 0.6) is 11.5 Å². The van der Waals surface area contributed by atoms with Crippen LogP contribution >= 0.6 is 43.5 Å². The van der Waals surface area contributed by atoms with Crippen LogP contribution in [0, 0.1) is 0 Å². The molecule has 174 valence electrons. The molecule has 0 aliphatic carbocycles. The maximum Gasteiger partial charge on any atom is 0.307 e. The van der Waals surface area contributed by atoms with Gasteiger partial charge in [0.2, 0.25) is 0 Å². The Kier molecular flexibility index (Phi) is 7.92. The Hall–Kier alpha value is -2.81. The molecule has 0 atom stereocenters. The van der Waals surface area contributed by atoms with E-state index in [4.69, 9.17) is 25.5 Å². The molecule has 9 heteroatoms. The highest BCUT2D eigenvalue weighted by atomic mass is 79.9. The number of furan rings is 1. The first-order valence-electron chi connectivity index (χ1n) is 10.3. The highest BCUT2D eigenvalue weighted by Gasteiger charge is 2.13. The van der Waals surface area contributed by atoms with E-state index >= 15 is 0 Å². The van der Waals surface area contributed by atoms with E-state index < -0.39 is 5.91 Å². The molecule has 0 aliphatic rings. The van der Waals surface area contributed by atoms with Crippen LogP contribution in [0.2, 0.25) is 5.02 Å². The van der Waals surface area contributed by atoms with E-state index in [2.05, 4.69) is 42.4 Å². The number of halogens is 3. The summed E-state index contributed by atoms with van der Waals surface area (Å²) in [5.41, 5.74) is 4.78. The van der Waals surface area contributed by atoms with Gasteiger partial charge in [0.15, 0.2) is 17.3 Å². The molecule has 1 aromatic heterocycles. The molecule has 0 radical (unpaired) electrons. The van der Waals surface area contributed by atoms with Crippen LogP contribution in [0.4, 0.5) is 0 Å². The van der Waals surface area contributed by atoms with Crippen LogP contribution in [-0.4, -0.2) is 18.7 Å². The number of nitrogens with zero attached hydrogens (tertiary/aromatic N) is 1. The summed E-state index contributed by atoms with van der Waals surface area (Å²) in [6.07, 6.45) is 1.52. The van der Waals surface area contributed by atoms with E-state index in [0.29, 0.717) is 40.9 Å². The molecule has 0 saturated heterocycles. The number of carbonyl (C=O) groups is 1. The van der Waals surface area contributed by atoms with E-state index in [9.17, 15) is 4.79 Å². The van der Waals surface area contributed by atoms with Crippen molar-refractivity contribution in [2.75, 3.05) is 6.61 Å². The Labute approximate surface area is 218 Å². The minimum Gasteiger partial charge on any atom is -0.490 e. The average molecular weight is 607 g/mol. The van der Waals surface area contributed by atoms with Crippen molar-refractivity contribution in [1.82, 2.24) is 5.43 Å². The number of ether oxygens (including phenoxy) is 2. The van der Waals surface area contributed by atoms with E-state index in [0.717, 1.165) is 19.9 Å².